The van der Waals surface area contributed by atoms with Crippen LogP contribution in [0, 0.1) is 0 Å². The van der Waals surface area contributed by atoms with Gasteiger partial charge in [-0.2, -0.15) is 0 Å². The highest BCUT2D eigenvalue weighted by Gasteiger charge is 2.18. The first kappa shape index (κ1) is 20.4. The van der Waals surface area contributed by atoms with Crippen molar-refractivity contribution in [3.8, 4) is 22.8 Å². The number of rotatable bonds is 9. The van der Waals surface area contributed by atoms with E-state index in [1.54, 1.807) is 50.5 Å². The van der Waals surface area contributed by atoms with Gasteiger partial charge >= 0.3 is 0 Å². The number of ether oxygens (including phenoxy) is 3. The number of hydrogen-bond donors (Lipinski definition) is 0. The zero-order chi connectivity index (χ0) is 20.6. The van der Waals surface area contributed by atoms with Crippen molar-refractivity contribution in [3.05, 3.63) is 65.9 Å². The summed E-state index contributed by atoms with van der Waals surface area (Å²) in [6, 6.07) is 16.4. The second-order valence-electron chi connectivity index (χ2n) is 6.36. The molecule has 3 rings (SSSR count). The predicted octanol–water partition coefficient (Wildman–Crippen LogP) is 3.65. The fourth-order valence-corrected chi connectivity index (χ4v) is 2.84. The molecule has 0 bridgehead atoms. The third-order valence-electron chi connectivity index (χ3n) is 4.48. The van der Waals surface area contributed by atoms with Gasteiger partial charge in [0, 0.05) is 30.8 Å². The zero-order valence-electron chi connectivity index (χ0n) is 16.8. The van der Waals surface area contributed by atoms with E-state index in [1.165, 1.54) is 0 Å². The van der Waals surface area contributed by atoms with Gasteiger partial charge in [0.25, 0.3) is 5.91 Å². The van der Waals surface area contributed by atoms with Crippen LogP contribution in [0.2, 0.25) is 0 Å². The summed E-state index contributed by atoms with van der Waals surface area (Å²) >= 11 is 0. The molecule has 7 heteroatoms. The van der Waals surface area contributed by atoms with Crippen LogP contribution in [0.25, 0.3) is 11.3 Å². The largest absolute Gasteiger partial charge is 0.497 e. The number of benzene rings is 2. The average Bonchev–Trinajstić information content (AvgIpc) is 3.25. The maximum atomic E-state index is 13.0. The molecule has 1 amide bonds. The summed E-state index contributed by atoms with van der Waals surface area (Å²) in [5, 5.41) is 4.13. The Bertz CT molecular complexity index is 919. The number of aromatic nitrogens is 1. The smallest absolute Gasteiger partial charge is 0.254 e. The number of carbonyl (C=O) groups is 1. The minimum absolute atomic E-state index is 0.112. The van der Waals surface area contributed by atoms with E-state index < -0.39 is 0 Å². The van der Waals surface area contributed by atoms with Crippen LogP contribution in [0.3, 0.4) is 0 Å². The van der Waals surface area contributed by atoms with Crippen molar-refractivity contribution >= 4 is 5.91 Å². The van der Waals surface area contributed by atoms with E-state index in [9.17, 15) is 4.79 Å². The fourth-order valence-electron chi connectivity index (χ4n) is 2.84. The highest BCUT2D eigenvalue weighted by atomic mass is 16.5. The van der Waals surface area contributed by atoms with Crippen LogP contribution < -0.4 is 9.47 Å². The molecule has 1 heterocycles. The number of methoxy groups -OCH3 is 3. The molecule has 7 nitrogen and oxygen atoms in total. The molecule has 2 aromatic carbocycles. The van der Waals surface area contributed by atoms with E-state index in [4.69, 9.17) is 18.7 Å². The van der Waals surface area contributed by atoms with Crippen molar-refractivity contribution in [1.29, 1.82) is 0 Å². The Balaban J connectivity index is 1.75. The first-order valence-electron chi connectivity index (χ1n) is 9.17. The average molecular weight is 396 g/mol. The summed E-state index contributed by atoms with van der Waals surface area (Å²) in [5.41, 5.74) is 2.11. The van der Waals surface area contributed by atoms with Gasteiger partial charge < -0.3 is 23.6 Å². The predicted molar refractivity (Wildman–Crippen MR) is 108 cm³/mol. The summed E-state index contributed by atoms with van der Waals surface area (Å²) in [5.74, 6) is 1.99. The maximum Gasteiger partial charge on any atom is 0.254 e. The second kappa shape index (κ2) is 9.75. The normalized spacial score (nSPS) is 10.6. The monoisotopic (exact) mass is 396 g/mol. The topological polar surface area (TPSA) is 74.0 Å². The van der Waals surface area contributed by atoms with Gasteiger partial charge in [0.1, 0.15) is 17.2 Å². The molecule has 0 radical (unpaired) electrons. The number of hydrogen-bond acceptors (Lipinski definition) is 6. The highest BCUT2D eigenvalue weighted by molar-refractivity contribution is 5.94. The highest BCUT2D eigenvalue weighted by Crippen LogP contribution is 2.24. The van der Waals surface area contributed by atoms with Gasteiger partial charge in [0.15, 0.2) is 5.76 Å². The van der Waals surface area contributed by atoms with Crippen molar-refractivity contribution in [2.75, 3.05) is 34.5 Å². The summed E-state index contributed by atoms with van der Waals surface area (Å²) < 4.78 is 21.0. The summed E-state index contributed by atoms with van der Waals surface area (Å²) in [6.45, 7) is 1.17. The minimum atomic E-state index is -0.112. The van der Waals surface area contributed by atoms with E-state index in [-0.39, 0.29) is 5.91 Å². The Hall–Kier alpha value is -3.32. The fraction of sp³-hybridized carbons (Fsp3) is 0.273. The number of carbonyl (C=O) groups excluding carboxylic acids is 1. The second-order valence-corrected chi connectivity index (χ2v) is 6.36. The van der Waals surface area contributed by atoms with Crippen LogP contribution in [-0.2, 0) is 11.3 Å². The quantitative estimate of drug-likeness (QED) is 0.550. The molecule has 0 aliphatic rings. The molecule has 0 aliphatic heterocycles. The standard InChI is InChI=1S/C22H24N2O5/c1-26-13-12-24(22(25)17-6-10-20(28-3)11-7-17)15-18-14-21(29-23-18)16-4-8-19(27-2)9-5-16/h4-11,14H,12-13,15H2,1-3H3. The summed E-state index contributed by atoms with van der Waals surface area (Å²) in [7, 11) is 4.82. The Morgan fingerprint density at radius 3 is 2.17 bits per heavy atom. The van der Waals surface area contributed by atoms with Gasteiger partial charge in [-0.1, -0.05) is 5.16 Å². The summed E-state index contributed by atoms with van der Waals surface area (Å²) in [6.07, 6.45) is 0. The van der Waals surface area contributed by atoms with Crippen molar-refractivity contribution in [3.63, 3.8) is 0 Å². The van der Waals surface area contributed by atoms with E-state index in [0.717, 1.165) is 11.3 Å². The third-order valence-corrected chi connectivity index (χ3v) is 4.48. The molecule has 0 atom stereocenters. The molecule has 3 aromatic rings. The lowest BCUT2D eigenvalue weighted by Crippen LogP contribution is -2.33. The van der Waals surface area contributed by atoms with Gasteiger partial charge in [-0.15, -0.1) is 0 Å². The lowest BCUT2D eigenvalue weighted by atomic mass is 10.1. The van der Waals surface area contributed by atoms with Crippen LogP contribution in [0.15, 0.2) is 59.1 Å². The molecule has 0 saturated carbocycles. The van der Waals surface area contributed by atoms with Crippen LogP contribution in [0.5, 0.6) is 11.5 Å². The van der Waals surface area contributed by atoms with Crippen molar-refractivity contribution in [1.82, 2.24) is 10.1 Å². The van der Waals surface area contributed by atoms with Gasteiger partial charge in [-0.05, 0) is 48.5 Å². The van der Waals surface area contributed by atoms with E-state index >= 15 is 0 Å². The van der Waals surface area contributed by atoms with E-state index in [0.29, 0.717) is 42.5 Å². The van der Waals surface area contributed by atoms with Crippen LogP contribution in [0.1, 0.15) is 16.1 Å². The van der Waals surface area contributed by atoms with Gasteiger partial charge in [0.2, 0.25) is 0 Å². The van der Waals surface area contributed by atoms with Crippen LogP contribution >= 0.6 is 0 Å². The molecule has 0 aliphatic carbocycles. The maximum absolute atomic E-state index is 13.0. The zero-order valence-corrected chi connectivity index (χ0v) is 16.8. The van der Waals surface area contributed by atoms with Gasteiger partial charge in [-0.3, -0.25) is 4.79 Å². The first-order chi connectivity index (χ1) is 14.1. The molecular weight excluding hydrogens is 372 g/mol. The molecule has 29 heavy (non-hydrogen) atoms. The van der Waals surface area contributed by atoms with Crippen LogP contribution in [0.4, 0.5) is 0 Å². The Morgan fingerprint density at radius 2 is 1.59 bits per heavy atom. The minimum Gasteiger partial charge on any atom is -0.497 e. The molecule has 0 saturated heterocycles. The Labute approximate surface area is 169 Å². The van der Waals surface area contributed by atoms with E-state index in [1.807, 2.05) is 30.3 Å². The molecule has 152 valence electrons. The molecule has 1 aromatic heterocycles. The van der Waals surface area contributed by atoms with Crippen molar-refractivity contribution in [2.45, 2.75) is 6.54 Å². The Morgan fingerprint density at radius 1 is 0.966 bits per heavy atom. The van der Waals surface area contributed by atoms with E-state index in [2.05, 4.69) is 5.16 Å². The van der Waals surface area contributed by atoms with Crippen LogP contribution in [-0.4, -0.2) is 50.4 Å². The SMILES string of the molecule is COCCN(Cc1cc(-c2ccc(OC)cc2)on1)C(=O)c1ccc(OC)cc1. The lowest BCUT2D eigenvalue weighted by Gasteiger charge is -2.21. The molecule has 0 unspecified atom stereocenters. The van der Waals surface area contributed by atoms with Gasteiger partial charge in [0.05, 0.1) is 27.4 Å². The molecule has 0 fully saturated rings. The lowest BCUT2D eigenvalue weighted by molar-refractivity contribution is 0.0676. The number of nitrogens with zero attached hydrogens (tertiary/aromatic N) is 2. The first-order valence-corrected chi connectivity index (χ1v) is 9.17. The molecule has 0 spiro atoms. The molecule has 0 N–H and O–H groups in total. The van der Waals surface area contributed by atoms with Crippen molar-refractivity contribution < 1.29 is 23.5 Å². The molecular formula is C22H24N2O5. The third kappa shape index (κ3) is 5.14. The Kier molecular flexibility index (Phi) is 6.86. The summed E-state index contributed by atoms with van der Waals surface area (Å²) in [4.78, 5) is 14.6. The number of amides is 1. The van der Waals surface area contributed by atoms with Gasteiger partial charge in [-0.25, -0.2) is 0 Å². The van der Waals surface area contributed by atoms with Crippen molar-refractivity contribution in [2.24, 2.45) is 0 Å².